The average Bonchev–Trinajstić information content (AvgIpc) is 2.27. The molecule has 94 valence electrons. The lowest BCUT2D eigenvalue weighted by Gasteiger charge is -2.24. The lowest BCUT2D eigenvalue weighted by atomic mass is 9.83. The molecule has 0 saturated heterocycles. The molecule has 0 bridgehead atoms. The minimum Gasteiger partial charge on any atom is -0.481 e. The van der Waals surface area contributed by atoms with Gasteiger partial charge in [-0.15, -0.1) is 0 Å². The summed E-state index contributed by atoms with van der Waals surface area (Å²) in [6.07, 6.45) is -1.50. The molecule has 1 rings (SSSR count). The highest BCUT2D eigenvalue weighted by Crippen LogP contribution is 2.37. The lowest BCUT2D eigenvalue weighted by Crippen LogP contribution is -2.29. The third-order valence-corrected chi connectivity index (χ3v) is 3.08. The molecule has 2 nitrogen and oxygen atoms in total. The number of carboxylic acids is 1. The molecule has 1 atom stereocenters. The van der Waals surface area contributed by atoms with E-state index in [1.165, 1.54) is 13.8 Å². The molecule has 0 aliphatic heterocycles. The number of carbonyl (C=O) groups is 1. The van der Waals surface area contributed by atoms with E-state index in [-0.39, 0.29) is 0 Å². The SMILES string of the molecule is CC(C)c1ccc(C(F)C(C)(C)C(=O)O)cc1. The minimum absolute atomic E-state index is 0.384. The predicted molar refractivity (Wildman–Crippen MR) is 65.8 cm³/mol. The molecule has 3 heteroatoms. The summed E-state index contributed by atoms with van der Waals surface area (Å²) in [6, 6.07) is 7.05. The van der Waals surface area contributed by atoms with Crippen LogP contribution in [0, 0.1) is 5.41 Å². The van der Waals surface area contributed by atoms with Gasteiger partial charge in [0.1, 0.15) is 6.17 Å². The first-order valence-corrected chi connectivity index (χ1v) is 5.74. The molecule has 0 radical (unpaired) electrons. The topological polar surface area (TPSA) is 37.3 Å². The molecule has 0 aliphatic rings. The number of alkyl halides is 1. The number of rotatable bonds is 4. The van der Waals surface area contributed by atoms with Gasteiger partial charge in [-0.2, -0.15) is 0 Å². The summed E-state index contributed by atoms with van der Waals surface area (Å²) in [5.41, 5.74) is 0.134. The summed E-state index contributed by atoms with van der Waals surface area (Å²) in [4.78, 5) is 11.0. The van der Waals surface area contributed by atoms with Gasteiger partial charge in [-0.25, -0.2) is 4.39 Å². The van der Waals surface area contributed by atoms with Gasteiger partial charge in [-0.1, -0.05) is 38.1 Å². The van der Waals surface area contributed by atoms with Crippen LogP contribution in [0.25, 0.3) is 0 Å². The lowest BCUT2D eigenvalue weighted by molar-refractivity contribution is -0.150. The van der Waals surface area contributed by atoms with Crippen molar-refractivity contribution in [1.82, 2.24) is 0 Å². The largest absolute Gasteiger partial charge is 0.481 e. The fourth-order valence-corrected chi connectivity index (χ4v) is 1.57. The van der Waals surface area contributed by atoms with E-state index in [0.717, 1.165) is 5.56 Å². The molecule has 1 aromatic rings. The van der Waals surface area contributed by atoms with Crippen LogP contribution < -0.4 is 0 Å². The number of aliphatic carboxylic acids is 1. The highest BCUT2D eigenvalue weighted by atomic mass is 19.1. The molecule has 0 aromatic heterocycles. The minimum atomic E-state index is -1.50. The van der Waals surface area contributed by atoms with E-state index in [0.29, 0.717) is 11.5 Å². The van der Waals surface area contributed by atoms with Crippen LogP contribution in [0.4, 0.5) is 4.39 Å². The van der Waals surface area contributed by atoms with Crippen molar-refractivity contribution in [2.75, 3.05) is 0 Å². The predicted octanol–water partition coefficient (Wildman–Crippen LogP) is 3.93. The highest BCUT2D eigenvalue weighted by molar-refractivity contribution is 5.74. The molecular weight excluding hydrogens is 219 g/mol. The Hall–Kier alpha value is -1.38. The van der Waals surface area contributed by atoms with E-state index in [9.17, 15) is 9.18 Å². The molecule has 0 fully saturated rings. The van der Waals surface area contributed by atoms with Crippen LogP contribution in [0.2, 0.25) is 0 Å². The van der Waals surface area contributed by atoms with Crippen molar-refractivity contribution in [3.63, 3.8) is 0 Å². The molecule has 1 aromatic carbocycles. The van der Waals surface area contributed by atoms with Gasteiger partial charge in [-0.3, -0.25) is 4.79 Å². The van der Waals surface area contributed by atoms with Gasteiger partial charge in [0.15, 0.2) is 0 Å². The van der Waals surface area contributed by atoms with E-state index in [4.69, 9.17) is 5.11 Å². The second kappa shape index (κ2) is 4.86. The van der Waals surface area contributed by atoms with Crippen molar-refractivity contribution in [1.29, 1.82) is 0 Å². The standard InChI is InChI=1S/C14H19FO2/c1-9(2)10-5-7-11(8-6-10)12(15)14(3,4)13(16)17/h5-9,12H,1-4H3,(H,16,17). The van der Waals surface area contributed by atoms with Crippen molar-refractivity contribution < 1.29 is 14.3 Å². The number of halogens is 1. The van der Waals surface area contributed by atoms with Crippen molar-refractivity contribution in [2.45, 2.75) is 39.8 Å². The molecule has 1 unspecified atom stereocenters. The van der Waals surface area contributed by atoms with Crippen LogP contribution in [0.3, 0.4) is 0 Å². The third-order valence-electron chi connectivity index (χ3n) is 3.08. The first-order chi connectivity index (χ1) is 7.76. The Kier molecular flexibility index (Phi) is 3.91. The molecule has 0 spiro atoms. The highest BCUT2D eigenvalue weighted by Gasteiger charge is 2.38. The smallest absolute Gasteiger partial charge is 0.312 e. The second-order valence-corrected chi connectivity index (χ2v) is 5.21. The van der Waals surface area contributed by atoms with Crippen LogP contribution in [-0.4, -0.2) is 11.1 Å². The maximum absolute atomic E-state index is 14.1. The summed E-state index contributed by atoms with van der Waals surface area (Å²) in [5, 5.41) is 8.98. The molecule has 0 amide bonds. The van der Waals surface area contributed by atoms with Crippen LogP contribution in [-0.2, 0) is 4.79 Å². The Morgan fingerprint density at radius 3 is 1.94 bits per heavy atom. The van der Waals surface area contributed by atoms with Gasteiger partial charge in [0.25, 0.3) is 0 Å². The van der Waals surface area contributed by atoms with Crippen molar-refractivity contribution >= 4 is 5.97 Å². The van der Waals surface area contributed by atoms with Crippen molar-refractivity contribution in [3.05, 3.63) is 35.4 Å². The van der Waals surface area contributed by atoms with Gasteiger partial charge in [0.05, 0.1) is 5.41 Å². The van der Waals surface area contributed by atoms with E-state index in [1.807, 2.05) is 12.1 Å². The van der Waals surface area contributed by atoms with E-state index in [2.05, 4.69) is 13.8 Å². The average molecular weight is 238 g/mol. The van der Waals surface area contributed by atoms with E-state index < -0.39 is 17.6 Å². The van der Waals surface area contributed by atoms with Crippen LogP contribution in [0.1, 0.15) is 50.9 Å². The molecule has 0 heterocycles. The Morgan fingerprint density at radius 1 is 1.18 bits per heavy atom. The quantitative estimate of drug-likeness (QED) is 0.862. The Balaban J connectivity index is 2.98. The normalized spacial score (nSPS) is 13.8. The molecule has 1 N–H and O–H groups in total. The zero-order valence-corrected chi connectivity index (χ0v) is 10.7. The first kappa shape index (κ1) is 13.7. The summed E-state index contributed by atoms with van der Waals surface area (Å²) in [6.45, 7) is 6.92. The second-order valence-electron chi connectivity index (χ2n) is 5.21. The van der Waals surface area contributed by atoms with Crippen LogP contribution >= 0.6 is 0 Å². The zero-order valence-electron chi connectivity index (χ0n) is 10.7. The number of benzene rings is 1. The summed E-state index contributed by atoms with van der Waals surface area (Å²) < 4.78 is 14.1. The van der Waals surface area contributed by atoms with Crippen LogP contribution in [0.15, 0.2) is 24.3 Å². The molecule has 17 heavy (non-hydrogen) atoms. The summed E-state index contributed by atoms with van der Waals surface area (Å²) in [5.74, 6) is -0.743. The van der Waals surface area contributed by atoms with Crippen LogP contribution in [0.5, 0.6) is 0 Å². The van der Waals surface area contributed by atoms with E-state index >= 15 is 0 Å². The summed E-state index contributed by atoms with van der Waals surface area (Å²) >= 11 is 0. The van der Waals surface area contributed by atoms with Gasteiger partial charge in [-0.05, 0) is 30.9 Å². The molecule has 0 aliphatic carbocycles. The van der Waals surface area contributed by atoms with Gasteiger partial charge in [0, 0.05) is 0 Å². The molecule has 0 saturated carbocycles. The Labute approximate surface area is 101 Å². The fourth-order valence-electron chi connectivity index (χ4n) is 1.57. The third kappa shape index (κ3) is 2.84. The first-order valence-electron chi connectivity index (χ1n) is 5.74. The monoisotopic (exact) mass is 238 g/mol. The van der Waals surface area contributed by atoms with Crippen molar-refractivity contribution in [2.24, 2.45) is 5.41 Å². The fraction of sp³-hybridized carbons (Fsp3) is 0.500. The Morgan fingerprint density at radius 2 is 1.59 bits per heavy atom. The maximum atomic E-state index is 14.1. The van der Waals surface area contributed by atoms with E-state index in [1.54, 1.807) is 12.1 Å². The molecular formula is C14H19FO2. The van der Waals surface area contributed by atoms with Crippen molar-refractivity contribution in [3.8, 4) is 0 Å². The van der Waals surface area contributed by atoms with Gasteiger partial charge >= 0.3 is 5.97 Å². The van der Waals surface area contributed by atoms with Gasteiger partial charge < -0.3 is 5.11 Å². The zero-order chi connectivity index (χ0) is 13.2. The number of hydrogen-bond acceptors (Lipinski definition) is 1. The maximum Gasteiger partial charge on any atom is 0.312 e. The van der Waals surface area contributed by atoms with Gasteiger partial charge in [0.2, 0.25) is 0 Å². The Bertz CT molecular complexity index is 393. The number of hydrogen-bond donors (Lipinski definition) is 1. The number of carboxylic acid groups (broad SMARTS) is 1. The summed E-state index contributed by atoms with van der Waals surface area (Å²) in [7, 11) is 0.